The van der Waals surface area contributed by atoms with Crippen molar-refractivity contribution in [2.75, 3.05) is 13.1 Å². The van der Waals surface area contributed by atoms with E-state index in [2.05, 4.69) is 11.0 Å². The second kappa shape index (κ2) is 6.76. The molecule has 2 aliphatic heterocycles. The lowest BCUT2D eigenvalue weighted by Gasteiger charge is -2.33. The summed E-state index contributed by atoms with van der Waals surface area (Å²) in [5.41, 5.74) is 2.08. The maximum atomic E-state index is 13.1. The van der Waals surface area contributed by atoms with Gasteiger partial charge in [-0.15, -0.1) is 0 Å². The van der Waals surface area contributed by atoms with Crippen LogP contribution in [0.2, 0.25) is 5.02 Å². The van der Waals surface area contributed by atoms with Crippen LogP contribution in [-0.2, 0) is 4.74 Å². The molecule has 2 saturated heterocycles. The quantitative estimate of drug-likeness (QED) is 0.717. The molecule has 2 heterocycles. The van der Waals surface area contributed by atoms with Crippen molar-refractivity contribution in [3.63, 3.8) is 0 Å². The van der Waals surface area contributed by atoms with Crippen molar-refractivity contribution >= 4 is 23.6 Å². The fourth-order valence-corrected chi connectivity index (χ4v) is 4.02. The Labute approximate surface area is 157 Å². The van der Waals surface area contributed by atoms with Crippen LogP contribution in [0.4, 0.5) is 4.39 Å². The number of hydrogen-bond donors (Lipinski definition) is 0. The summed E-state index contributed by atoms with van der Waals surface area (Å²) >= 11 is 6.08. The van der Waals surface area contributed by atoms with E-state index in [9.17, 15) is 9.18 Å². The van der Waals surface area contributed by atoms with Gasteiger partial charge in [-0.3, -0.25) is 0 Å². The second-order valence-electron chi connectivity index (χ2n) is 6.97. The first kappa shape index (κ1) is 17.1. The summed E-state index contributed by atoms with van der Waals surface area (Å²) in [5.74, 6) is -0.757. The van der Waals surface area contributed by atoms with Crippen LogP contribution in [0.1, 0.15) is 35.2 Å². The summed E-state index contributed by atoms with van der Waals surface area (Å²) in [6.07, 6.45) is 4.62. The van der Waals surface area contributed by atoms with Gasteiger partial charge in [0.1, 0.15) is 11.4 Å². The molecule has 1 atom stereocenters. The monoisotopic (exact) mass is 371 g/mol. The van der Waals surface area contributed by atoms with E-state index in [-0.39, 0.29) is 5.82 Å². The van der Waals surface area contributed by atoms with Gasteiger partial charge in [-0.2, -0.15) is 0 Å². The van der Waals surface area contributed by atoms with Crippen LogP contribution in [0.3, 0.4) is 0 Å². The standard InChI is InChI=1S/C21H19ClFNO2/c22-17-4-1-3-15(11-17)12-19-13-21(9-2-10-24(19)14-21)26-20(25)16-5-7-18(23)8-6-16/h1,3-8,11-12H,2,9-10,13-14H2/b19-12+. The van der Waals surface area contributed by atoms with Crippen molar-refractivity contribution in [1.82, 2.24) is 4.90 Å². The van der Waals surface area contributed by atoms with Crippen molar-refractivity contribution in [3.05, 3.63) is 76.2 Å². The number of hydrogen-bond acceptors (Lipinski definition) is 3. The maximum absolute atomic E-state index is 13.1. The van der Waals surface area contributed by atoms with Gasteiger partial charge < -0.3 is 9.64 Å². The van der Waals surface area contributed by atoms with Gasteiger partial charge in [0, 0.05) is 23.7 Å². The van der Waals surface area contributed by atoms with Crippen LogP contribution in [0.15, 0.2) is 54.2 Å². The number of piperidine rings is 1. The highest BCUT2D eigenvalue weighted by molar-refractivity contribution is 6.30. The fourth-order valence-electron chi connectivity index (χ4n) is 3.82. The first-order valence-corrected chi connectivity index (χ1v) is 9.11. The minimum absolute atomic E-state index is 0.365. The summed E-state index contributed by atoms with van der Waals surface area (Å²) < 4.78 is 19.0. The Bertz CT molecular complexity index is 865. The van der Waals surface area contributed by atoms with Crippen LogP contribution in [0, 0.1) is 5.82 Å². The number of benzene rings is 2. The predicted molar refractivity (Wildman–Crippen MR) is 99.4 cm³/mol. The zero-order valence-corrected chi connectivity index (χ0v) is 15.0. The molecule has 0 radical (unpaired) electrons. The van der Waals surface area contributed by atoms with E-state index < -0.39 is 11.6 Å². The van der Waals surface area contributed by atoms with Crippen LogP contribution < -0.4 is 0 Å². The number of halogens is 2. The molecule has 2 fully saturated rings. The molecule has 4 rings (SSSR count). The molecule has 3 nitrogen and oxygen atoms in total. The lowest BCUT2D eigenvalue weighted by atomic mass is 9.94. The molecule has 2 aromatic rings. The van der Waals surface area contributed by atoms with Crippen molar-refractivity contribution in [3.8, 4) is 0 Å². The van der Waals surface area contributed by atoms with E-state index in [4.69, 9.17) is 16.3 Å². The topological polar surface area (TPSA) is 29.5 Å². The van der Waals surface area contributed by atoms with Crippen LogP contribution in [0.25, 0.3) is 6.08 Å². The highest BCUT2D eigenvalue weighted by atomic mass is 35.5. The van der Waals surface area contributed by atoms with Crippen LogP contribution >= 0.6 is 11.6 Å². The Kier molecular flexibility index (Phi) is 4.45. The number of carbonyl (C=O) groups is 1. The third-order valence-electron chi connectivity index (χ3n) is 5.02. The fraction of sp³-hybridized carbons (Fsp3) is 0.286. The molecule has 26 heavy (non-hydrogen) atoms. The SMILES string of the molecule is O=C(OC12CCCN(C1)/C(=C/c1cccc(Cl)c1)C2)c1ccc(F)cc1. The molecule has 0 aliphatic carbocycles. The lowest BCUT2D eigenvalue weighted by molar-refractivity contribution is -0.0270. The van der Waals surface area contributed by atoms with Gasteiger partial charge in [0.25, 0.3) is 0 Å². The van der Waals surface area contributed by atoms with Crippen molar-refractivity contribution in [2.45, 2.75) is 24.9 Å². The number of fused-ring (bicyclic) bond motifs is 2. The molecule has 2 aliphatic rings. The first-order valence-electron chi connectivity index (χ1n) is 8.73. The minimum Gasteiger partial charge on any atom is -0.453 e. The third kappa shape index (κ3) is 3.47. The average molecular weight is 372 g/mol. The van der Waals surface area contributed by atoms with Crippen LogP contribution in [-0.4, -0.2) is 29.6 Å². The number of carbonyl (C=O) groups excluding carboxylic acids is 1. The first-order chi connectivity index (χ1) is 12.5. The number of nitrogens with zero attached hydrogens (tertiary/aromatic N) is 1. The Balaban J connectivity index is 1.55. The van der Waals surface area contributed by atoms with E-state index in [0.29, 0.717) is 23.6 Å². The highest BCUT2D eigenvalue weighted by Crippen LogP contribution is 2.42. The molecule has 5 heteroatoms. The van der Waals surface area contributed by atoms with Crippen LogP contribution in [0.5, 0.6) is 0 Å². The summed E-state index contributed by atoms with van der Waals surface area (Å²) in [6.45, 7) is 1.66. The van der Waals surface area contributed by atoms with Crippen molar-refractivity contribution in [2.24, 2.45) is 0 Å². The number of rotatable bonds is 3. The predicted octanol–water partition coefficient (Wildman–Crippen LogP) is 4.92. The van der Waals surface area contributed by atoms with E-state index in [1.54, 1.807) is 0 Å². The Hall–Kier alpha value is -2.33. The Morgan fingerprint density at radius 3 is 2.81 bits per heavy atom. The molecule has 0 aromatic heterocycles. The smallest absolute Gasteiger partial charge is 0.338 e. The number of ether oxygens (including phenoxy) is 1. The van der Waals surface area contributed by atoms with Crippen molar-refractivity contribution < 1.29 is 13.9 Å². The normalized spacial score (nSPS) is 23.3. The average Bonchev–Trinajstić information content (AvgIpc) is 2.84. The Morgan fingerprint density at radius 1 is 1.23 bits per heavy atom. The van der Waals surface area contributed by atoms with Gasteiger partial charge in [-0.25, -0.2) is 9.18 Å². The molecule has 2 bridgehead atoms. The van der Waals surface area contributed by atoms with Gasteiger partial charge in [0.2, 0.25) is 0 Å². The Morgan fingerprint density at radius 2 is 2.04 bits per heavy atom. The largest absolute Gasteiger partial charge is 0.453 e. The molecular weight excluding hydrogens is 353 g/mol. The maximum Gasteiger partial charge on any atom is 0.338 e. The van der Waals surface area contributed by atoms with E-state index in [1.165, 1.54) is 24.3 Å². The zero-order valence-electron chi connectivity index (χ0n) is 14.3. The minimum atomic E-state index is -0.506. The highest BCUT2D eigenvalue weighted by Gasteiger charge is 2.46. The molecule has 0 amide bonds. The van der Waals surface area contributed by atoms with Gasteiger partial charge in [-0.1, -0.05) is 23.7 Å². The second-order valence-corrected chi connectivity index (χ2v) is 7.41. The molecule has 0 N–H and O–H groups in total. The van der Waals surface area contributed by atoms with Gasteiger partial charge >= 0.3 is 5.97 Å². The van der Waals surface area contributed by atoms with Gasteiger partial charge in [0.15, 0.2) is 0 Å². The summed E-state index contributed by atoms with van der Waals surface area (Å²) in [4.78, 5) is 14.8. The molecule has 0 saturated carbocycles. The van der Waals surface area contributed by atoms with E-state index in [1.807, 2.05) is 24.3 Å². The summed E-state index contributed by atoms with van der Waals surface area (Å²) in [7, 11) is 0. The molecule has 134 valence electrons. The zero-order chi connectivity index (χ0) is 18.1. The van der Waals surface area contributed by atoms with E-state index in [0.717, 1.165) is 30.6 Å². The summed E-state index contributed by atoms with van der Waals surface area (Å²) in [5, 5.41) is 0.702. The van der Waals surface area contributed by atoms with E-state index >= 15 is 0 Å². The van der Waals surface area contributed by atoms with Crippen molar-refractivity contribution in [1.29, 1.82) is 0 Å². The molecule has 1 unspecified atom stereocenters. The third-order valence-corrected chi connectivity index (χ3v) is 5.26. The number of esters is 1. The van der Waals surface area contributed by atoms with Gasteiger partial charge in [0.05, 0.1) is 12.1 Å². The molecule has 0 spiro atoms. The summed E-state index contributed by atoms with van der Waals surface area (Å²) in [6, 6.07) is 13.2. The van der Waals surface area contributed by atoms with Gasteiger partial charge in [-0.05, 0) is 60.9 Å². The molecular formula is C21H19ClFNO2. The lowest BCUT2D eigenvalue weighted by Crippen LogP contribution is -2.42. The molecule has 2 aromatic carbocycles.